The maximum absolute atomic E-state index is 5.82. The van der Waals surface area contributed by atoms with E-state index in [0.717, 1.165) is 38.4 Å². The number of ether oxygens (including phenoxy) is 1. The fraction of sp³-hybridized carbons (Fsp3) is 0.647. The van der Waals surface area contributed by atoms with Crippen LogP contribution >= 0.6 is 0 Å². The Kier molecular flexibility index (Phi) is 5.86. The molecule has 1 aliphatic rings. The second-order valence-electron chi connectivity index (χ2n) is 5.52. The molecule has 0 amide bonds. The molecule has 0 radical (unpaired) electrons. The van der Waals surface area contributed by atoms with Gasteiger partial charge in [0.25, 0.3) is 0 Å². The number of aryl methyl sites for hydroxylation is 1. The Hall–Kier alpha value is -1.06. The van der Waals surface area contributed by atoms with Crippen molar-refractivity contribution in [2.24, 2.45) is 0 Å². The van der Waals surface area contributed by atoms with Crippen LogP contribution in [0.25, 0.3) is 0 Å². The lowest BCUT2D eigenvalue weighted by atomic mass is 9.98. The number of benzene rings is 1. The van der Waals surface area contributed by atoms with E-state index >= 15 is 0 Å². The van der Waals surface area contributed by atoms with Crippen molar-refractivity contribution >= 4 is 0 Å². The molecule has 112 valence electrons. The third-order valence-corrected chi connectivity index (χ3v) is 4.21. The standard InChI is InChI=1S/C17H28N2O/c1-4-19(5-2)12-7-11-18-16-10-13-20-17-14(3)8-6-9-15(16)17/h6,8-9,16,18H,4-5,7,10-13H2,1-3H3. The van der Waals surface area contributed by atoms with Gasteiger partial charge >= 0.3 is 0 Å². The molecule has 0 saturated heterocycles. The Morgan fingerprint density at radius 3 is 2.85 bits per heavy atom. The highest BCUT2D eigenvalue weighted by Gasteiger charge is 2.21. The monoisotopic (exact) mass is 276 g/mol. The molecule has 0 bridgehead atoms. The van der Waals surface area contributed by atoms with Gasteiger partial charge in [-0.05, 0) is 45.1 Å². The lowest BCUT2D eigenvalue weighted by molar-refractivity contribution is 0.246. The number of hydrogen-bond donors (Lipinski definition) is 1. The summed E-state index contributed by atoms with van der Waals surface area (Å²) < 4.78 is 5.82. The van der Waals surface area contributed by atoms with Crippen LogP contribution < -0.4 is 10.1 Å². The van der Waals surface area contributed by atoms with Crippen LogP contribution in [0.2, 0.25) is 0 Å². The summed E-state index contributed by atoms with van der Waals surface area (Å²) in [7, 11) is 0. The molecule has 0 aliphatic carbocycles. The van der Waals surface area contributed by atoms with E-state index in [0.29, 0.717) is 6.04 Å². The molecule has 1 heterocycles. The second-order valence-corrected chi connectivity index (χ2v) is 5.52. The van der Waals surface area contributed by atoms with E-state index in [1.54, 1.807) is 0 Å². The molecule has 0 aromatic heterocycles. The molecule has 1 aliphatic heterocycles. The van der Waals surface area contributed by atoms with Crippen LogP contribution in [0.5, 0.6) is 5.75 Å². The third-order valence-electron chi connectivity index (χ3n) is 4.21. The quantitative estimate of drug-likeness (QED) is 0.774. The number of fused-ring (bicyclic) bond motifs is 1. The fourth-order valence-electron chi connectivity index (χ4n) is 2.91. The van der Waals surface area contributed by atoms with Gasteiger partial charge in [-0.15, -0.1) is 0 Å². The van der Waals surface area contributed by atoms with Gasteiger partial charge in [-0.1, -0.05) is 32.0 Å². The zero-order valence-corrected chi connectivity index (χ0v) is 13.1. The summed E-state index contributed by atoms with van der Waals surface area (Å²) in [5.41, 5.74) is 2.58. The lowest BCUT2D eigenvalue weighted by Crippen LogP contribution is -2.31. The van der Waals surface area contributed by atoms with Crippen LogP contribution in [0.15, 0.2) is 18.2 Å². The molecule has 20 heavy (non-hydrogen) atoms. The van der Waals surface area contributed by atoms with Gasteiger partial charge in [0.2, 0.25) is 0 Å². The van der Waals surface area contributed by atoms with E-state index in [1.807, 2.05) is 0 Å². The highest BCUT2D eigenvalue weighted by molar-refractivity contribution is 5.43. The average molecular weight is 276 g/mol. The number of para-hydroxylation sites is 1. The van der Waals surface area contributed by atoms with Crippen molar-refractivity contribution in [1.29, 1.82) is 0 Å². The normalized spacial score (nSPS) is 17.9. The van der Waals surface area contributed by atoms with Crippen LogP contribution in [-0.2, 0) is 0 Å². The minimum absolute atomic E-state index is 0.454. The Morgan fingerprint density at radius 2 is 2.10 bits per heavy atom. The van der Waals surface area contributed by atoms with Crippen LogP contribution in [-0.4, -0.2) is 37.7 Å². The van der Waals surface area contributed by atoms with Crippen molar-refractivity contribution in [2.45, 2.75) is 39.7 Å². The number of nitrogens with one attached hydrogen (secondary N) is 1. The zero-order chi connectivity index (χ0) is 14.4. The first-order valence-electron chi connectivity index (χ1n) is 7.94. The zero-order valence-electron chi connectivity index (χ0n) is 13.1. The smallest absolute Gasteiger partial charge is 0.126 e. The van der Waals surface area contributed by atoms with Crippen molar-refractivity contribution in [2.75, 3.05) is 32.8 Å². The molecule has 0 fully saturated rings. The molecular weight excluding hydrogens is 248 g/mol. The van der Waals surface area contributed by atoms with Gasteiger partial charge in [-0.2, -0.15) is 0 Å². The molecule has 2 rings (SSSR count). The fourth-order valence-corrected chi connectivity index (χ4v) is 2.91. The van der Waals surface area contributed by atoms with E-state index < -0.39 is 0 Å². The molecule has 3 heteroatoms. The first kappa shape index (κ1) is 15.3. The van der Waals surface area contributed by atoms with Gasteiger partial charge in [-0.25, -0.2) is 0 Å². The summed E-state index contributed by atoms with van der Waals surface area (Å²) in [5, 5.41) is 3.70. The van der Waals surface area contributed by atoms with Crippen LogP contribution in [0.4, 0.5) is 0 Å². The summed E-state index contributed by atoms with van der Waals surface area (Å²) in [6, 6.07) is 6.91. The number of nitrogens with zero attached hydrogens (tertiary/aromatic N) is 1. The van der Waals surface area contributed by atoms with Crippen molar-refractivity contribution in [3.63, 3.8) is 0 Å². The largest absolute Gasteiger partial charge is 0.493 e. The van der Waals surface area contributed by atoms with Gasteiger partial charge in [0, 0.05) is 18.0 Å². The van der Waals surface area contributed by atoms with E-state index in [2.05, 4.69) is 49.2 Å². The molecule has 1 aromatic carbocycles. The molecule has 1 N–H and O–H groups in total. The van der Waals surface area contributed by atoms with Crippen LogP contribution in [0.3, 0.4) is 0 Å². The molecule has 3 nitrogen and oxygen atoms in total. The lowest BCUT2D eigenvalue weighted by Gasteiger charge is -2.28. The van der Waals surface area contributed by atoms with E-state index in [-0.39, 0.29) is 0 Å². The first-order valence-corrected chi connectivity index (χ1v) is 7.94. The van der Waals surface area contributed by atoms with Crippen molar-refractivity contribution < 1.29 is 4.74 Å². The van der Waals surface area contributed by atoms with Crippen LogP contribution in [0.1, 0.15) is 43.9 Å². The Morgan fingerprint density at radius 1 is 1.30 bits per heavy atom. The Balaban J connectivity index is 1.85. The van der Waals surface area contributed by atoms with Gasteiger partial charge in [0.15, 0.2) is 0 Å². The predicted octanol–water partition coefficient (Wildman–Crippen LogP) is 3.14. The summed E-state index contributed by atoms with van der Waals surface area (Å²) >= 11 is 0. The van der Waals surface area contributed by atoms with Crippen molar-refractivity contribution in [3.8, 4) is 5.75 Å². The highest BCUT2D eigenvalue weighted by atomic mass is 16.5. The van der Waals surface area contributed by atoms with Crippen molar-refractivity contribution in [3.05, 3.63) is 29.3 Å². The average Bonchev–Trinajstić information content (AvgIpc) is 2.48. The van der Waals surface area contributed by atoms with Gasteiger partial charge in [-0.3, -0.25) is 0 Å². The second kappa shape index (κ2) is 7.65. The number of rotatable bonds is 7. The molecule has 0 spiro atoms. The SMILES string of the molecule is CCN(CC)CCCNC1CCOc2c(C)cccc21. The summed E-state index contributed by atoms with van der Waals surface area (Å²) in [5.74, 6) is 1.10. The van der Waals surface area contributed by atoms with E-state index in [1.165, 1.54) is 24.1 Å². The first-order chi connectivity index (χ1) is 9.76. The summed E-state index contributed by atoms with van der Waals surface area (Å²) in [6.45, 7) is 12.0. The molecule has 1 atom stereocenters. The topological polar surface area (TPSA) is 24.5 Å². The summed E-state index contributed by atoms with van der Waals surface area (Å²) in [6.07, 6.45) is 2.28. The van der Waals surface area contributed by atoms with Gasteiger partial charge < -0.3 is 15.0 Å². The minimum atomic E-state index is 0.454. The third kappa shape index (κ3) is 3.74. The Bertz CT molecular complexity index is 415. The molecular formula is C17H28N2O. The van der Waals surface area contributed by atoms with E-state index in [9.17, 15) is 0 Å². The van der Waals surface area contributed by atoms with E-state index in [4.69, 9.17) is 4.74 Å². The van der Waals surface area contributed by atoms with Gasteiger partial charge in [0.05, 0.1) is 6.61 Å². The van der Waals surface area contributed by atoms with Gasteiger partial charge in [0.1, 0.15) is 5.75 Å². The maximum Gasteiger partial charge on any atom is 0.126 e. The molecule has 1 aromatic rings. The maximum atomic E-state index is 5.82. The molecule has 1 unspecified atom stereocenters. The minimum Gasteiger partial charge on any atom is -0.493 e. The van der Waals surface area contributed by atoms with Crippen molar-refractivity contribution in [1.82, 2.24) is 10.2 Å². The Labute approximate surface area is 123 Å². The number of hydrogen-bond acceptors (Lipinski definition) is 3. The molecule has 0 saturated carbocycles. The highest BCUT2D eigenvalue weighted by Crippen LogP contribution is 2.34. The predicted molar refractivity (Wildman–Crippen MR) is 84.4 cm³/mol. The van der Waals surface area contributed by atoms with Crippen LogP contribution in [0, 0.1) is 6.92 Å². The summed E-state index contributed by atoms with van der Waals surface area (Å²) in [4.78, 5) is 2.48.